The van der Waals surface area contributed by atoms with E-state index in [4.69, 9.17) is 14.2 Å². The number of hydrogen-bond donors (Lipinski definition) is 0. The van der Waals surface area contributed by atoms with E-state index < -0.39 is 5.97 Å². The quantitative estimate of drug-likeness (QED) is 0.322. The smallest absolute Gasteiger partial charge is 0.340 e. The van der Waals surface area contributed by atoms with Gasteiger partial charge in [-0.05, 0) is 50.3 Å². The number of nitrogens with zero attached hydrogens (tertiary/aromatic N) is 1. The van der Waals surface area contributed by atoms with Crippen molar-refractivity contribution < 1.29 is 23.8 Å². The summed E-state index contributed by atoms with van der Waals surface area (Å²) in [5.41, 5.74) is 2.55. The average molecular weight is 419 g/mol. The molecular formula is C25H25NO5. The maximum Gasteiger partial charge on any atom is 0.340 e. The van der Waals surface area contributed by atoms with E-state index in [1.54, 1.807) is 12.3 Å². The third kappa shape index (κ3) is 3.76. The van der Waals surface area contributed by atoms with E-state index in [2.05, 4.69) is 24.6 Å². The molecule has 2 aromatic rings. The van der Waals surface area contributed by atoms with Crippen molar-refractivity contribution in [3.05, 3.63) is 65.9 Å². The standard InChI is InChI=1S/C25H25NO5/c1-15-19-10-9-16(6-5-11-25(2)22(31-25)21(19)30-23(15)27)14-29-24(28)18-12-17-7-3-4-8-20(17)26-13-18/h3-4,6-8,12-13,19,21-22H,1,5,9-11,14H2,2H3/b16-6+/t19-,21-,22-,25+/m0/s1. The Labute approximate surface area is 180 Å². The minimum atomic E-state index is -0.393. The van der Waals surface area contributed by atoms with E-state index in [9.17, 15) is 9.59 Å². The SMILES string of the molecule is C=C1C(=O)O[C@H]2[C@H]1CC/C(COC(=O)c1cnc3ccccc3c1)=C\CC[C@@]1(C)O[C@@H]21. The summed E-state index contributed by atoms with van der Waals surface area (Å²) in [6, 6.07) is 9.45. The molecule has 3 aliphatic rings. The van der Waals surface area contributed by atoms with Crippen molar-refractivity contribution in [2.75, 3.05) is 6.61 Å². The Bertz CT molecular complexity index is 1110. The zero-order chi connectivity index (χ0) is 21.6. The van der Waals surface area contributed by atoms with Crippen LogP contribution in [0.5, 0.6) is 0 Å². The van der Waals surface area contributed by atoms with Crippen LogP contribution in [0.2, 0.25) is 0 Å². The van der Waals surface area contributed by atoms with Gasteiger partial charge in [0.2, 0.25) is 0 Å². The minimum absolute atomic E-state index is 0.0612. The highest BCUT2D eigenvalue weighted by molar-refractivity contribution is 5.93. The highest BCUT2D eigenvalue weighted by Gasteiger charge is 2.61. The highest BCUT2D eigenvalue weighted by Crippen LogP contribution is 2.49. The first-order valence-corrected chi connectivity index (χ1v) is 10.7. The Morgan fingerprint density at radius 1 is 1.35 bits per heavy atom. The molecule has 0 saturated carbocycles. The van der Waals surface area contributed by atoms with Gasteiger partial charge < -0.3 is 14.2 Å². The summed E-state index contributed by atoms with van der Waals surface area (Å²) < 4.78 is 17.1. The third-order valence-electron chi connectivity index (χ3n) is 6.65. The van der Waals surface area contributed by atoms with Crippen molar-refractivity contribution in [1.29, 1.82) is 0 Å². The van der Waals surface area contributed by atoms with E-state index in [1.807, 2.05) is 24.3 Å². The first-order valence-electron chi connectivity index (χ1n) is 10.7. The van der Waals surface area contributed by atoms with Crippen molar-refractivity contribution in [2.45, 2.75) is 50.4 Å². The topological polar surface area (TPSA) is 78.0 Å². The molecule has 6 nitrogen and oxygen atoms in total. The van der Waals surface area contributed by atoms with Crippen LogP contribution in [0.4, 0.5) is 0 Å². The second-order valence-electron chi connectivity index (χ2n) is 8.79. The van der Waals surface area contributed by atoms with Gasteiger partial charge in [-0.2, -0.15) is 0 Å². The molecule has 31 heavy (non-hydrogen) atoms. The van der Waals surface area contributed by atoms with Crippen molar-refractivity contribution in [3.8, 4) is 0 Å². The number of aromatic nitrogens is 1. The van der Waals surface area contributed by atoms with Crippen LogP contribution in [0.15, 0.2) is 60.3 Å². The predicted molar refractivity (Wildman–Crippen MR) is 114 cm³/mol. The molecule has 6 heteroatoms. The van der Waals surface area contributed by atoms with E-state index >= 15 is 0 Å². The van der Waals surface area contributed by atoms with Gasteiger partial charge in [0.15, 0.2) is 0 Å². The number of esters is 2. The second kappa shape index (κ2) is 7.61. The second-order valence-corrected chi connectivity index (χ2v) is 8.79. The number of carbonyl (C=O) groups excluding carboxylic acids is 2. The van der Waals surface area contributed by atoms with Crippen LogP contribution in [-0.2, 0) is 19.0 Å². The normalized spacial score (nSPS) is 31.8. The number of benzene rings is 1. The first-order chi connectivity index (χ1) is 14.9. The van der Waals surface area contributed by atoms with Gasteiger partial charge in [0, 0.05) is 23.1 Å². The van der Waals surface area contributed by atoms with E-state index in [0.717, 1.165) is 29.3 Å². The largest absolute Gasteiger partial charge is 0.458 e. The molecule has 1 aliphatic carbocycles. The monoisotopic (exact) mass is 419 g/mol. The summed E-state index contributed by atoms with van der Waals surface area (Å²) in [5, 5.41) is 0.901. The fraction of sp³-hybridized carbons (Fsp3) is 0.400. The van der Waals surface area contributed by atoms with Crippen LogP contribution in [0, 0.1) is 5.92 Å². The number of para-hydroxylation sites is 1. The van der Waals surface area contributed by atoms with E-state index in [1.165, 1.54) is 0 Å². The fourth-order valence-electron chi connectivity index (χ4n) is 4.68. The number of carbonyl (C=O) groups is 2. The third-order valence-corrected chi connectivity index (χ3v) is 6.65. The Morgan fingerprint density at radius 3 is 3.06 bits per heavy atom. The molecule has 0 N–H and O–H groups in total. The molecule has 2 fully saturated rings. The number of pyridine rings is 1. The van der Waals surface area contributed by atoms with Gasteiger partial charge in [0.25, 0.3) is 0 Å². The summed E-state index contributed by atoms with van der Waals surface area (Å²) in [6.07, 6.45) is 6.44. The van der Waals surface area contributed by atoms with E-state index in [-0.39, 0.29) is 36.3 Å². The van der Waals surface area contributed by atoms with Crippen LogP contribution < -0.4 is 0 Å². The molecule has 0 radical (unpaired) electrons. The van der Waals surface area contributed by atoms with Crippen LogP contribution in [-0.4, -0.2) is 41.3 Å². The number of hydrogen-bond acceptors (Lipinski definition) is 6. The van der Waals surface area contributed by atoms with Crippen molar-refractivity contribution in [1.82, 2.24) is 4.98 Å². The molecule has 1 aromatic carbocycles. The lowest BCUT2D eigenvalue weighted by Crippen LogP contribution is -2.29. The maximum absolute atomic E-state index is 12.6. The van der Waals surface area contributed by atoms with Crippen molar-refractivity contribution in [3.63, 3.8) is 0 Å². The summed E-state index contributed by atoms with van der Waals surface area (Å²) >= 11 is 0. The van der Waals surface area contributed by atoms with Gasteiger partial charge in [-0.1, -0.05) is 30.9 Å². The number of epoxide rings is 1. The van der Waals surface area contributed by atoms with Gasteiger partial charge >= 0.3 is 11.9 Å². The lowest BCUT2D eigenvalue weighted by atomic mass is 9.84. The lowest BCUT2D eigenvalue weighted by Gasteiger charge is -2.20. The summed E-state index contributed by atoms with van der Waals surface area (Å²) in [5.74, 6) is -0.787. The Kier molecular flexibility index (Phi) is 4.89. The molecule has 1 aromatic heterocycles. The average Bonchev–Trinajstić information content (AvgIpc) is 3.37. The number of ether oxygens (including phenoxy) is 3. The summed E-state index contributed by atoms with van der Waals surface area (Å²) in [7, 11) is 0. The Morgan fingerprint density at radius 2 is 2.19 bits per heavy atom. The van der Waals surface area contributed by atoms with Crippen LogP contribution in [0.25, 0.3) is 10.9 Å². The molecule has 2 saturated heterocycles. The maximum atomic E-state index is 12.6. The van der Waals surface area contributed by atoms with Crippen molar-refractivity contribution in [2.24, 2.45) is 5.92 Å². The lowest BCUT2D eigenvalue weighted by molar-refractivity contribution is -0.140. The number of allylic oxidation sites excluding steroid dienone is 1. The predicted octanol–water partition coefficient (Wildman–Crippen LogP) is 4.15. The summed E-state index contributed by atoms with van der Waals surface area (Å²) in [6.45, 7) is 6.22. The van der Waals surface area contributed by atoms with Crippen LogP contribution >= 0.6 is 0 Å². The zero-order valence-electron chi connectivity index (χ0n) is 17.5. The van der Waals surface area contributed by atoms with Gasteiger partial charge in [0.05, 0.1) is 16.7 Å². The van der Waals surface area contributed by atoms with Gasteiger partial charge in [0.1, 0.15) is 18.8 Å². The van der Waals surface area contributed by atoms with Gasteiger partial charge in [-0.25, -0.2) is 9.59 Å². The first kappa shape index (κ1) is 19.9. The molecule has 0 unspecified atom stereocenters. The molecule has 0 spiro atoms. The molecular weight excluding hydrogens is 394 g/mol. The minimum Gasteiger partial charge on any atom is -0.458 e. The molecule has 160 valence electrons. The Balaban J connectivity index is 1.28. The number of fused-ring (bicyclic) bond motifs is 4. The number of rotatable bonds is 3. The van der Waals surface area contributed by atoms with Crippen molar-refractivity contribution >= 4 is 22.8 Å². The molecule has 2 aliphatic heterocycles. The zero-order valence-corrected chi connectivity index (χ0v) is 17.5. The molecule has 5 rings (SSSR count). The van der Waals surface area contributed by atoms with Crippen LogP contribution in [0.1, 0.15) is 43.0 Å². The van der Waals surface area contributed by atoms with Crippen LogP contribution in [0.3, 0.4) is 0 Å². The van der Waals surface area contributed by atoms with Gasteiger partial charge in [-0.15, -0.1) is 0 Å². The molecule has 3 heterocycles. The van der Waals surface area contributed by atoms with Gasteiger partial charge in [-0.3, -0.25) is 4.98 Å². The summed E-state index contributed by atoms with van der Waals surface area (Å²) in [4.78, 5) is 29.0. The molecule has 0 bridgehead atoms. The highest BCUT2D eigenvalue weighted by atomic mass is 16.6. The fourth-order valence-corrected chi connectivity index (χ4v) is 4.68. The molecule has 0 amide bonds. The van der Waals surface area contributed by atoms with E-state index in [0.29, 0.717) is 24.0 Å². The molecule has 4 atom stereocenters. The Hall–Kier alpha value is -2.99.